The largest absolute Gasteiger partial charge is 0.311 e. The lowest BCUT2D eigenvalue weighted by Gasteiger charge is -2.49. The number of anilines is 6. The molecule has 0 radical (unpaired) electrons. The van der Waals surface area contributed by atoms with Gasteiger partial charge < -0.3 is 9.80 Å². The van der Waals surface area contributed by atoms with E-state index in [1.54, 1.807) is 0 Å². The molecule has 0 bridgehead atoms. The first-order chi connectivity index (χ1) is 29.7. The Kier molecular flexibility index (Phi) is 9.99. The molecule has 5 aromatic rings. The second-order valence-electron chi connectivity index (χ2n) is 27.8. The molecule has 342 valence electrons. The molecule has 2 heterocycles. The fraction of sp³-hybridized carbons (Fsp3) is 0.516. The summed E-state index contributed by atoms with van der Waals surface area (Å²) in [5.74, 6) is 0. The van der Waals surface area contributed by atoms with Gasteiger partial charge >= 0.3 is 0 Å². The van der Waals surface area contributed by atoms with Crippen LogP contribution in [0, 0.1) is 0 Å². The molecular weight excluding hydrogens is 784 g/mol. The minimum atomic E-state index is -0.0204. The zero-order valence-electron chi connectivity index (χ0n) is 44.3. The Hall–Kier alpha value is -4.24. The topological polar surface area (TPSA) is 6.48 Å². The SMILES string of the molecule is CC(C)(C)c1cc(N2c3cc4c(cc3B3c5cc6c(cc5N(c5cc(C(C)(C)C)cc(C(C)(C)C)c5)c5cccc2c53)C(C)(C)CCC6(C)C)C(C)(C)CCC4(C)C)cc(C(C)(C)C)c1. The predicted molar refractivity (Wildman–Crippen MR) is 286 cm³/mol. The standard InChI is InChI=1S/C62H81BN2/c1-55(2,3)38-28-39(56(4,5)6)31-42(30-38)64-50-22-21-23-51-54(50)63(48-34-44-46(36-52(48)64)61(17,18)26-24-59(44,13)14)49-35-45-47(62(19,20)27-25-60(45,15)16)37-53(49)65(51)43-32-40(57(7,8)9)29-41(33-43)58(10,11)12/h21-23,28-37H,24-27H2,1-20H3. The molecule has 0 fully saturated rings. The Morgan fingerprint density at radius 1 is 0.369 bits per heavy atom. The van der Waals surface area contributed by atoms with Gasteiger partial charge in [0.25, 0.3) is 6.71 Å². The van der Waals surface area contributed by atoms with Gasteiger partial charge in [0.2, 0.25) is 0 Å². The fourth-order valence-electron chi connectivity index (χ4n) is 11.8. The van der Waals surface area contributed by atoms with Crippen molar-refractivity contribution < 1.29 is 0 Å². The van der Waals surface area contributed by atoms with Crippen LogP contribution in [0.2, 0.25) is 0 Å². The first kappa shape index (κ1) is 45.9. The third kappa shape index (κ3) is 7.44. The van der Waals surface area contributed by atoms with E-state index < -0.39 is 0 Å². The van der Waals surface area contributed by atoms with Crippen LogP contribution in [0.3, 0.4) is 0 Å². The summed E-state index contributed by atoms with van der Waals surface area (Å²) in [6.07, 6.45) is 4.74. The van der Waals surface area contributed by atoms with E-state index in [0.29, 0.717) is 0 Å². The normalized spacial score (nSPS) is 19.2. The number of nitrogens with zero attached hydrogens (tertiary/aromatic N) is 2. The van der Waals surface area contributed by atoms with Crippen molar-refractivity contribution in [3.63, 3.8) is 0 Å². The van der Waals surface area contributed by atoms with Crippen molar-refractivity contribution in [1.82, 2.24) is 0 Å². The van der Waals surface area contributed by atoms with E-state index in [9.17, 15) is 0 Å². The molecule has 0 saturated heterocycles. The molecule has 0 saturated carbocycles. The molecule has 0 N–H and O–H groups in total. The van der Waals surface area contributed by atoms with E-state index in [0.717, 1.165) is 0 Å². The van der Waals surface area contributed by atoms with Crippen LogP contribution in [0.5, 0.6) is 0 Å². The lowest BCUT2D eigenvalue weighted by atomic mass is 9.32. The van der Waals surface area contributed by atoms with Crippen molar-refractivity contribution >= 4 is 57.2 Å². The van der Waals surface area contributed by atoms with Crippen molar-refractivity contribution in [2.45, 2.75) is 207 Å². The number of rotatable bonds is 2. The Morgan fingerprint density at radius 3 is 0.923 bits per heavy atom. The zero-order chi connectivity index (χ0) is 47.6. The first-order valence-corrected chi connectivity index (χ1v) is 25.1. The average Bonchev–Trinajstić information content (AvgIpc) is 3.19. The van der Waals surface area contributed by atoms with E-state index in [1.165, 1.54) is 121 Å². The van der Waals surface area contributed by atoms with Crippen LogP contribution in [-0.2, 0) is 43.3 Å². The highest BCUT2D eigenvalue weighted by molar-refractivity contribution is 7.00. The van der Waals surface area contributed by atoms with E-state index in [-0.39, 0.29) is 50.0 Å². The highest BCUT2D eigenvalue weighted by atomic mass is 15.2. The predicted octanol–water partition coefficient (Wildman–Crippen LogP) is 15.7. The molecule has 5 aromatic carbocycles. The molecule has 3 heteroatoms. The number of hydrogen-bond acceptors (Lipinski definition) is 2. The molecule has 0 unspecified atom stereocenters. The Bertz CT molecular complexity index is 2510. The van der Waals surface area contributed by atoms with Crippen LogP contribution in [0.4, 0.5) is 34.1 Å². The van der Waals surface area contributed by atoms with E-state index in [1.807, 2.05) is 0 Å². The van der Waals surface area contributed by atoms with Crippen molar-refractivity contribution in [2.75, 3.05) is 9.80 Å². The second kappa shape index (κ2) is 14.2. The van der Waals surface area contributed by atoms with E-state index in [2.05, 4.69) is 227 Å². The van der Waals surface area contributed by atoms with Gasteiger partial charge in [0.1, 0.15) is 0 Å². The Balaban J connectivity index is 1.46. The van der Waals surface area contributed by atoms with Gasteiger partial charge in [-0.3, -0.25) is 0 Å². The van der Waals surface area contributed by atoms with Gasteiger partial charge in [-0.25, -0.2) is 0 Å². The highest BCUT2D eigenvalue weighted by Crippen LogP contribution is 2.53. The summed E-state index contributed by atoms with van der Waals surface area (Å²) in [5, 5.41) is 0. The highest BCUT2D eigenvalue weighted by Gasteiger charge is 2.48. The van der Waals surface area contributed by atoms with Crippen LogP contribution >= 0.6 is 0 Å². The summed E-state index contributed by atoms with van der Waals surface area (Å²) in [6, 6.07) is 33.1. The molecule has 65 heavy (non-hydrogen) atoms. The third-order valence-corrected chi connectivity index (χ3v) is 16.8. The molecule has 2 aliphatic heterocycles. The Morgan fingerprint density at radius 2 is 0.646 bits per heavy atom. The van der Waals surface area contributed by atoms with Crippen molar-refractivity contribution in [3.8, 4) is 0 Å². The van der Waals surface area contributed by atoms with Gasteiger partial charge in [-0.15, -0.1) is 0 Å². The summed E-state index contributed by atoms with van der Waals surface area (Å²) in [5.41, 5.74) is 23.9. The van der Waals surface area contributed by atoms with Crippen LogP contribution in [0.1, 0.15) is 209 Å². The Labute approximate surface area is 396 Å². The van der Waals surface area contributed by atoms with Crippen LogP contribution < -0.4 is 26.2 Å². The summed E-state index contributed by atoms with van der Waals surface area (Å²) < 4.78 is 0. The minimum absolute atomic E-state index is 0.0204. The molecular formula is C62H81BN2. The lowest BCUT2D eigenvalue weighted by molar-refractivity contribution is 0.332. The monoisotopic (exact) mass is 865 g/mol. The fourth-order valence-corrected chi connectivity index (χ4v) is 11.8. The summed E-state index contributed by atoms with van der Waals surface area (Å²) >= 11 is 0. The molecule has 0 amide bonds. The molecule has 0 spiro atoms. The number of hydrogen-bond donors (Lipinski definition) is 0. The van der Waals surface area contributed by atoms with Gasteiger partial charge in [0, 0.05) is 34.1 Å². The minimum Gasteiger partial charge on any atom is -0.311 e. The number of fused-ring (bicyclic) bond motifs is 6. The number of benzene rings is 5. The van der Waals surface area contributed by atoms with Gasteiger partial charge in [-0.1, -0.05) is 169 Å². The van der Waals surface area contributed by atoms with Crippen molar-refractivity contribution in [1.29, 1.82) is 0 Å². The maximum absolute atomic E-state index is 2.72. The van der Waals surface area contributed by atoms with Crippen molar-refractivity contribution in [3.05, 3.63) is 123 Å². The maximum Gasteiger partial charge on any atom is 0.252 e. The molecule has 2 aliphatic carbocycles. The molecule has 4 aliphatic rings. The third-order valence-electron chi connectivity index (χ3n) is 16.8. The van der Waals surface area contributed by atoms with E-state index >= 15 is 0 Å². The van der Waals surface area contributed by atoms with Crippen LogP contribution in [0.25, 0.3) is 0 Å². The lowest BCUT2D eigenvalue weighted by Crippen LogP contribution is -2.62. The zero-order valence-corrected chi connectivity index (χ0v) is 44.3. The maximum atomic E-state index is 2.72. The second-order valence-corrected chi connectivity index (χ2v) is 27.8. The average molecular weight is 865 g/mol. The molecule has 0 atom stereocenters. The van der Waals surface area contributed by atoms with Gasteiger partial charge in [-0.2, -0.15) is 0 Å². The van der Waals surface area contributed by atoms with Crippen molar-refractivity contribution in [2.24, 2.45) is 0 Å². The molecule has 2 nitrogen and oxygen atoms in total. The smallest absolute Gasteiger partial charge is 0.252 e. The molecule has 9 rings (SSSR count). The quantitative estimate of drug-likeness (QED) is 0.160. The van der Waals surface area contributed by atoms with Gasteiger partial charge in [0.15, 0.2) is 0 Å². The summed E-state index contributed by atoms with van der Waals surface area (Å²) in [4.78, 5) is 5.40. The van der Waals surface area contributed by atoms with Crippen LogP contribution in [0.15, 0.2) is 78.9 Å². The van der Waals surface area contributed by atoms with Gasteiger partial charge in [0.05, 0.1) is 0 Å². The molecule has 0 aromatic heterocycles. The summed E-state index contributed by atoms with van der Waals surface area (Å²) in [6.45, 7) is 48.5. The van der Waals surface area contributed by atoms with Gasteiger partial charge in [-0.05, 0) is 178 Å². The van der Waals surface area contributed by atoms with Crippen LogP contribution in [-0.4, -0.2) is 6.71 Å². The van der Waals surface area contributed by atoms with E-state index in [4.69, 9.17) is 0 Å². The first-order valence-electron chi connectivity index (χ1n) is 25.1. The summed E-state index contributed by atoms with van der Waals surface area (Å²) in [7, 11) is 0.